The summed E-state index contributed by atoms with van der Waals surface area (Å²) in [5, 5.41) is 0.750. The number of rotatable bonds is 3. The van der Waals surface area contributed by atoms with Gasteiger partial charge in [-0.15, -0.1) is 0 Å². The smallest absolute Gasteiger partial charge is 0.416 e. The van der Waals surface area contributed by atoms with E-state index in [9.17, 15) is 18.0 Å². The first-order valence-electron chi connectivity index (χ1n) is 9.17. The van der Waals surface area contributed by atoms with Crippen molar-refractivity contribution >= 4 is 16.9 Å². The topological polar surface area (TPSA) is 39.2 Å². The zero-order valence-corrected chi connectivity index (χ0v) is 15.9. The van der Waals surface area contributed by atoms with Crippen molar-refractivity contribution < 1.29 is 22.7 Å². The van der Waals surface area contributed by atoms with Crippen LogP contribution in [0.25, 0.3) is 22.2 Å². The summed E-state index contributed by atoms with van der Waals surface area (Å²) in [6.07, 6.45) is -4.40. The number of hydrogen-bond acceptors (Lipinski definition) is 3. The normalized spacial score (nSPS) is 11.5. The third-order valence-corrected chi connectivity index (χ3v) is 4.68. The molecule has 0 unspecified atom stereocenters. The lowest BCUT2D eigenvalue weighted by atomic mass is 10.1. The summed E-state index contributed by atoms with van der Waals surface area (Å²) in [4.78, 5) is 17.0. The maximum Gasteiger partial charge on any atom is 0.416 e. The Balaban J connectivity index is 1.68. The van der Waals surface area contributed by atoms with E-state index < -0.39 is 17.7 Å². The summed E-state index contributed by atoms with van der Waals surface area (Å²) >= 11 is 0. The Labute approximate surface area is 170 Å². The number of benzene rings is 3. The molecule has 0 saturated carbocycles. The van der Waals surface area contributed by atoms with E-state index in [1.165, 1.54) is 12.1 Å². The lowest BCUT2D eigenvalue weighted by molar-refractivity contribution is -0.137. The van der Waals surface area contributed by atoms with Gasteiger partial charge in [-0.1, -0.05) is 48.0 Å². The molecule has 6 heteroatoms. The number of aromatic nitrogens is 1. The number of pyridine rings is 1. The summed E-state index contributed by atoms with van der Waals surface area (Å²) in [5.74, 6) is -0.226. The van der Waals surface area contributed by atoms with Crippen molar-refractivity contribution in [3.63, 3.8) is 0 Å². The summed E-state index contributed by atoms with van der Waals surface area (Å²) in [7, 11) is 0. The molecule has 0 bridgehead atoms. The average molecular weight is 407 g/mol. The number of alkyl halides is 3. The van der Waals surface area contributed by atoms with Crippen LogP contribution in [0, 0.1) is 6.92 Å². The van der Waals surface area contributed by atoms with Crippen molar-refractivity contribution in [2.45, 2.75) is 13.1 Å². The van der Waals surface area contributed by atoms with Crippen LogP contribution in [0.2, 0.25) is 0 Å². The van der Waals surface area contributed by atoms with Crippen molar-refractivity contribution in [2.24, 2.45) is 0 Å². The highest BCUT2D eigenvalue weighted by Gasteiger charge is 2.30. The van der Waals surface area contributed by atoms with Gasteiger partial charge in [0.1, 0.15) is 5.52 Å². The minimum Gasteiger partial charge on any atom is -0.421 e. The largest absolute Gasteiger partial charge is 0.421 e. The van der Waals surface area contributed by atoms with Crippen molar-refractivity contribution in [3.8, 4) is 17.0 Å². The second-order valence-electron chi connectivity index (χ2n) is 6.86. The number of esters is 1. The number of carbonyl (C=O) groups excluding carboxylic acids is 1. The number of ether oxygens (including phenoxy) is 1. The summed E-state index contributed by atoms with van der Waals surface area (Å²) in [5.41, 5.74) is 2.19. The molecule has 0 aliphatic rings. The molecule has 0 N–H and O–H groups in total. The van der Waals surface area contributed by atoms with E-state index in [4.69, 9.17) is 4.74 Å². The van der Waals surface area contributed by atoms with E-state index in [1.807, 2.05) is 25.1 Å². The lowest BCUT2D eigenvalue weighted by Crippen LogP contribution is -2.09. The second-order valence-corrected chi connectivity index (χ2v) is 6.86. The van der Waals surface area contributed by atoms with Crippen LogP contribution in [0.15, 0.2) is 78.9 Å². The quantitative estimate of drug-likeness (QED) is 0.289. The summed E-state index contributed by atoms with van der Waals surface area (Å²) in [6, 6.07) is 20.5. The SMILES string of the molecule is Cc1ccc(C(=O)Oc2cccc3ccc(-c4ccc(C(F)(F)F)cc4)nc23)cc1. The Bertz CT molecular complexity index is 1210. The van der Waals surface area contributed by atoms with Gasteiger partial charge in [-0.3, -0.25) is 0 Å². The monoisotopic (exact) mass is 407 g/mol. The molecule has 3 aromatic carbocycles. The van der Waals surface area contributed by atoms with E-state index in [0.717, 1.165) is 23.1 Å². The van der Waals surface area contributed by atoms with Gasteiger partial charge in [0, 0.05) is 10.9 Å². The number of fused-ring (bicyclic) bond motifs is 1. The van der Waals surface area contributed by atoms with Gasteiger partial charge in [-0.25, -0.2) is 9.78 Å². The predicted molar refractivity (Wildman–Crippen MR) is 108 cm³/mol. The van der Waals surface area contributed by atoms with Crippen LogP contribution in [0.1, 0.15) is 21.5 Å². The van der Waals surface area contributed by atoms with E-state index in [2.05, 4.69) is 4.98 Å². The van der Waals surface area contributed by atoms with E-state index in [0.29, 0.717) is 22.3 Å². The maximum absolute atomic E-state index is 12.8. The Morgan fingerprint density at radius 2 is 1.57 bits per heavy atom. The fraction of sp³-hybridized carbons (Fsp3) is 0.0833. The summed E-state index contributed by atoms with van der Waals surface area (Å²) in [6.45, 7) is 1.92. The van der Waals surface area contributed by atoms with Crippen LogP contribution in [0.4, 0.5) is 13.2 Å². The molecule has 4 aromatic rings. The minimum atomic E-state index is -4.40. The van der Waals surface area contributed by atoms with Crippen molar-refractivity contribution in [1.29, 1.82) is 0 Å². The van der Waals surface area contributed by atoms with Crippen molar-refractivity contribution in [1.82, 2.24) is 4.98 Å². The maximum atomic E-state index is 12.8. The van der Waals surface area contributed by atoms with Crippen LogP contribution < -0.4 is 4.74 Å². The van der Waals surface area contributed by atoms with Gasteiger partial charge in [-0.2, -0.15) is 13.2 Å². The molecule has 0 saturated heterocycles. The predicted octanol–water partition coefficient (Wildman–Crippen LogP) is 6.45. The molecule has 0 atom stereocenters. The highest BCUT2D eigenvalue weighted by Crippen LogP contribution is 2.32. The average Bonchev–Trinajstić information content (AvgIpc) is 2.73. The lowest BCUT2D eigenvalue weighted by Gasteiger charge is -2.10. The zero-order valence-electron chi connectivity index (χ0n) is 15.9. The van der Waals surface area contributed by atoms with Gasteiger partial charge in [0.2, 0.25) is 0 Å². The molecular weight excluding hydrogens is 391 g/mol. The molecule has 150 valence electrons. The fourth-order valence-corrected chi connectivity index (χ4v) is 3.04. The molecule has 0 fully saturated rings. The number of aryl methyl sites for hydroxylation is 1. The standard InChI is InChI=1S/C24H16F3NO2/c1-15-5-7-18(8-6-15)23(29)30-21-4-2-3-17-11-14-20(28-22(17)21)16-9-12-19(13-10-16)24(25,26)27/h2-14H,1H3. The second kappa shape index (κ2) is 7.63. The van der Waals surface area contributed by atoms with Gasteiger partial charge >= 0.3 is 12.1 Å². The zero-order chi connectivity index (χ0) is 21.3. The molecule has 1 aromatic heterocycles. The van der Waals surface area contributed by atoms with Crippen molar-refractivity contribution in [2.75, 3.05) is 0 Å². The van der Waals surface area contributed by atoms with Gasteiger partial charge in [0.05, 0.1) is 16.8 Å². The molecule has 30 heavy (non-hydrogen) atoms. The molecule has 0 spiro atoms. The minimum absolute atomic E-state index is 0.284. The van der Waals surface area contributed by atoms with Crippen LogP contribution in [0.3, 0.4) is 0 Å². The molecule has 0 amide bonds. The Hall–Kier alpha value is -3.67. The van der Waals surface area contributed by atoms with E-state index >= 15 is 0 Å². The first-order valence-corrected chi connectivity index (χ1v) is 9.17. The van der Waals surface area contributed by atoms with Crippen LogP contribution in [-0.2, 0) is 6.18 Å². The van der Waals surface area contributed by atoms with Gasteiger partial charge in [0.25, 0.3) is 0 Å². The Morgan fingerprint density at radius 1 is 0.867 bits per heavy atom. The Morgan fingerprint density at radius 3 is 2.23 bits per heavy atom. The van der Waals surface area contributed by atoms with Gasteiger partial charge in [-0.05, 0) is 43.3 Å². The molecule has 0 aliphatic heterocycles. The number of nitrogens with zero attached hydrogens (tertiary/aromatic N) is 1. The number of carbonyl (C=O) groups is 1. The van der Waals surface area contributed by atoms with Crippen LogP contribution in [0.5, 0.6) is 5.75 Å². The molecule has 1 heterocycles. The molecule has 0 aliphatic carbocycles. The molecule has 0 radical (unpaired) electrons. The first kappa shape index (κ1) is 19.6. The highest BCUT2D eigenvalue weighted by atomic mass is 19.4. The highest BCUT2D eigenvalue weighted by molar-refractivity contribution is 5.94. The number of halogens is 3. The summed E-state index contributed by atoms with van der Waals surface area (Å²) < 4.78 is 44.0. The number of para-hydroxylation sites is 1. The van der Waals surface area contributed by atoms with Crippen LogP contribution >= 0.6 is 0 Å². The fourth-order valence-electron chi connectivity index (χ4n) is 3.04. The first-order chi connectivity index (χ1) is 14.3. The van der Waals surface area contributed by atoms with Gasteiger partial charge < -0.3 is 4.74 Å². The molecule has 3 nitrogen and oxygen atoms in total. The molecular formula is C24H16F3NO2. The van der Waals surface area contributed by atoms with Crippen LogP contribution in [-0.4, -0.2) is 11.0 Å². The Kier molecular flexibility index (Phi) is 4.99. The third kappa shape index (κ3) is 4.03. The molecule has 4 rings (SSSR count). The van der Waals surface area contributed by atoms with E-state index in [1.54, 1.807) is 36.4 Å². The van der Waals surface area contributed by atoms with Gasteiger partial charge in [0.15, 0.2) is 5.75 Å². The van der Waals surface area contributed by atoms with E-state index in [-0.39, 0.29) is 5.75 Å². The number of hydrogen-bond donors (Lipinski definition) is 0. The third-order valence-electron chi connectivity index (χ3n) is 4.68. The van der Waals surface area contributed by atoms with Crippen molar-refractivity contribution in [3.05, 3.63) is 95.6 Å².